The monoisotopic (exact) mass is 410 g/mol. The topological polar surface area (TPSA) is 84.2 Å². The number of aromatic nitrogens is 2. The van der Waals surface area contributed by atoms with E-state index in [0.29, 0.717) is 15.9 Å². The molecule has 0 aliphatic carbocycles. The number of nitro benzene ring substituents is 1. The summed E-state index contributed by atoms with van der Waals surface area (Å²) >= 11 is 12.2. The summed E-state index contributed by atoms with van der Waals surface area (Å²) in [6, 6.07) is 17.0. The molecule has 1 heterocycles. The Bertz CT molecular complexity index is 1220. The molecule has 0 spiro atoms. The van der Waals surface area contributed by atoms with Crippen molar-refractivity contribution in [2.45, 2.75) is 0 Å². The highest BCUT2D eigenvalue weighted by atomic mass is 35.5. The highest BCUT2D eigenvalue weighted by molar-refractivity contribution is 6.36. The van der Waals surface area contributed by atoms with E-state index in [1.807, 2.05) is 24.3 Å². The minimum Gasteiger partial charge on any atom is -0.338 e. The van der Waals surface area contributed by atoms with E-state index in [1.54, 1.807) is 30.5 Å². The molecule has 138 valence electrons. The van der Waals surface area contributed by atoms with Crippen LogP contribution < -0.4 is 0 Å². The number of halogens is 2. The Kier molecular flexibility index (Phi) is 4.81. The van der Waals surface area contributed by atoms with E-state index in [2.05, 4.69) is 15.0 Å². The third-order valence-electron chi connectivity index (χ3n) is 4.12. The van der Waals surface area contributed by atoms with Crippen LogP contribution in [-0.4, -0.2) is 21.1 Å². The van der Waals surface area contributed by atoms with E-state index in [-0.39, 0.29) is 5.69 Å². The lowest BCUT2D eigenvalue weighted by Crippen LogP contribution is -1.88. The number of non-ortho nitro benzene ring substituents is 1. The molecule has 0 saturated carbocycles. The second-order valence-corrected chi connectivity index (χ2v) is 6.86. The fourth-order valence-corrected chi connectivity index (χ4v) is 3.22. The SMILES string of the molecule is O=[N+]([O-])c1ccc(C=Nc2ccc3nc(-c4ccc(Cl)cc4Cl)[nH]c3c2)cc1. The van der Waals surface area contributed by atoms with Crippen LogP contribution in [0, 0.1) is 10.1 Å². The number of imidazole rings is 1. The van der Waals surface area contributed by atoms with Gasteiger partial charge in [0, 0.05) is 28.9 Å². The quantitative estimate of drug-likeness (QED) is 0.247. The van der Waals surface area contributed by atoms with Gasteiger partial charge in [-0.15, -0.1) is 0 Å². The number of hydrogen-bond acceptors (Lipinski definition) is 4. The van der Waals surface area contributed by atoms with Crippen LogP contribution in [0.15, 0.2) is 65.7 Å². The second-order valence-electron chi connectivity index (χ2n) is 6.02. The number of fused-ring (bicyclic) bond motifs is 1. The molecule has 3 aromatic carbocycles. The third-order valence-corrected chi connectivity index (χ3v) is 4.67. The van der Waals surface area contributed by atoms with Crippen LogP contribution in [0.3, 0.4) is 0 Å². The molecule has 4 rings (SSSR count). The number of nitrogens with zero attached hydrogens (tertiary/aromatic N) is 3. The minimum atomic E-state index is -0.433. The largest absolute Gasteiger partial charge is 0.338 e. The van der Waals surface area contributed by atoms with Gasteiger partial charge in [0.15, 0.2) is 0 Å². The van der Waals surface area contributed by atoms with Crippen molar-refractivity contribution < 1.29 is 4.92 Å². The van der Waals surface area contributed by atoms with Crippen molar-refractivity contribution >= 4 is 51.8 Å². The fraction of sp³-hybridized carbons (Fsp3) is 0. The molecule has 1 aromatic heterocycles. The Morgan fingerprint density at radius 3 is 2.54 bits per heavy atom. The molecule has 8 heteroatoms. The Morgan fingerprint density at radius 1 is 1.04 bits per heavy atom. The van der Waals surface area contributed by atoms with Crippen LogP contribution in [0.4, 0.5) is 11.4 Å². The number of nitro groups is 1. The standard InChI is InChI=1S/C20H12Cl2N4O2/c21-13-3-7-16(17(22)9-13)20-24-18-8-4-14(10-19(18)25-20)23-11-12-1-5-15(6-2-12)26(27)28/h1-11H,(H,24,25). The lowest BCUT2D eigenvalue weighted by atomic mass is 10.2. The van der Waals surface area contributed by atoms with Gasteiger partial charge < -0.3 is 4.98 Å². The van der Waals surface area contributed by atoms with Crippen LogP contribution >= 0.6 is 23.2 Å². The summed E-state index contributed by atoms with van der Waals surface area (Å²) in [4.78, 5) is 22.5. The van der Waals surface area contributed by atoms with Gasteiger partial charge in [0.2, 0.25) is 0 Å². The molecule has 1 N–H and O–H groups in total. The maximum absolute atomic E-state index is 10.7. The molecule has 0 radical (unpaired) electrons. The van der Waals surface area contributed by atoms with E-state index < -0.39 is 4.92 Å². The number of H-pyrrole nitrogens is 1. The number of rotatable bonds is 4. The summed E-state index contributed by atoms with van der Waals surface area (Å²) in [5, 5.41) is 11.8. The zero-order chi connectivity index (χ0) is 19.7. The van der Waals surface area contributed by atoms with Gasteiger partial charge >= 0.3 is 0 Å². The minimum absolute atomic E-state index is 0.0458. The predicted molar refractivity (Wildman–Crippen MR) is 112 cm³/mol. The van der Waals surface area contributed by atoms with Gasteiger partial charge in [-0.2, -0.15) is 0 Å². The summed E-state index contributed by atoms with van der Waals surface area (Å²) in [6.45, 7) is 0. The van der Waals surface area contributed by atoms with Crippen molar-refractivity contribution in [3.05, 3.63) is 86.4 Å². The van der Waals surface area contributed by atoms with Crippen LogP contribution in [-0.2, 0) is 0 Å². The summed E-state index contributed by atoms with van der Waals surface area (Å²) < 4.78 is 0. The lowest BCUT2D eigenvalue weighted by molar-refractivity contribution is -0.384. The average molecular weight is 411 g/mol. The van der Waals surface area contributed by atoms with E-state index >= 15 is 0 Å². The van der Waals surface area contributed by atoms with Gasteiger partial charge in [0.1, 0.15) is 5.82 Å². The molecule has 4 aromatic rings. The third kappa shape index (κ3) is 3.74. The summed E-state index contributed by atoms with van der Waals surface area (Å²) in [7, 11) is 0. The highest BCUT2D eigenvalue weighted by Crippen LogP contribution is 2.30. The number of hydrogen-bond donors (Lipinski definition) is 1. The number of aromatic amines is 1. The van der Waals surface area contributed by atoms with Crippen molar-refractivity contribution in [1.82, 2.24) is 9.97 Å². The van der Waals surface area contributed by atoms with E-state index in [4.69, 9.17) is 23.2 Å². The normalized spacial score (nSPS) is 11.4. The molecular weight excluding hydrogens is 399 g/mol. The highest BCUT2D eigenvalue weighted by Gasteiger charge is 2.10. The first-order valence-corrected chi connectivity index (χ1v) is 8.99. The summed E-state index contributed by atoms with van der Waals surface area (Å²) in [5.74, 6) is 0.646. The van der Waals surface area contributed by atoms with Crippen molar-refractivity contribution in [3.8, 4) is 11.4 Å². The smallest absolute Gasteiger partial charge is 0.269 e. The maximum Gasteiger partial charge on any atom is 0.269 e. The van der Waals surface area contributed by atoms with Gasteiger partial charge in [-0.25, -0.2) is 4.98 Å². The second kappa shape index (κ2) is 7.42. The van der Waals surface area contributed by atoms with Crippen LogP contribution in [0.2, 0.25) is 10.0 Å². The number of aliphatic imine (C=N–C) groups is 1. The predicted octanol–water partition coefficient (Wildman–Crippen LogP) is 6.20. The zero-order valence-electron chi connectivity index (χ0n) is 14.3. The first-order valence-electron chi connectivity index (χ1n) is 8.23. The molecule has 0 unspecified atom stereocenters. The van der Waals surface area contributed by atoms with Gasteiger partial charge in [-0.3, -0.25) is 15.1 Å². The van der Waals surface area contributed by atoms with Crippen molar-refractivity contribution in [2.24, 2.45) is 4.99 Å². The van der Waals surface area contributed by atoms with Crippen LogP contribution in [0.25, 0.3) is 22.4 Å². The summed E-state index contributed by atoms with van der Waals surface area (Å²) in [6.07, 6.45) is 1.65. The number of nitrogens with one attached hydrogen (secondary N) is 1. The Hall–Kier alpha value is -3.22. The van der Waals surface area contributed by atoms with Crippen molar-refractivity contribution in [2.75, 3.05) is 0 Å². The van der Waals surface area contributed by atoms with Crippen LogP contribution in [0.5, 0.6) is 0 Å². The van der Waals surface area contributed by atoms with Crippen molar-refractivity contribution in [1.29, 1.82) is 0 Å². The molecule has 6 nitrogen and oxygen atoms in total. The molecule has 0 bridgehead atoms. The fourth-order valence-electron chi connectivity index (χ4n) is 2.72. The molecule has 0 aliphatic heterocycles. The molecule has 0 amide bonds. The van der Waals surface area contributed by atoms with Gasteiger partial charge in [0.05, 0.1) is 26.7 Å². The average Bonchev–Trinajstić information content (AvgIpc) is 3.09. The molecule has 0 atom stereocenters. The molecular formula is C20H12Cl2N4O2. The zero-order valence-corrected chi connectivity index (χ0v) is 15.8. The van der Waals surface area contributed by atoms with E-state index in [9.17, 15) is 10.1 Å². The lowest BCUT2D eigenvalue weighted by Gasteiger charge is -2.00. The molecule has 0 saturated heterocycles. The van der Waals surface area contributed by atoms with Crippen LogP contribution in [0.1, 0.15) is 5.56 Å². The van der Waals surface area contributed by atoms with Gasteiger partial charge in [-0.1, -0.05) is 23.2 Å². The molecule has 0 aliphatic rings. The first-order chi connectivity index (χ1) is 13.5. The van der Waals surface area contributed by atoms with Gasteiger partial charge in [0.25, 0.3) is 5.69 Å². The Morgan fingerprint density at radius 2 is 1.82 bits per heavy atom. The summed E-state index contributed by atoms with van der Waals surface area (Å²) in [5.41, 5.74) is 3.91. The van der Waals surface area contributed by atoms with Gasteiger partial charge in [-0.05, 0) is 54.1 Å². The Labute approximate surface area is 169 Å². The van der Waals surface area contributed by atoms with Crippen molar-refractivity contribution in [3.63, 3.8) is 0 Å². The first kappa shape index (κ1) is 18.2. The maximum atomic E-state index is 10.7. The number of benzene rings is 3. The Balaban J connectivity index is 1.62. The van der Waals surface area contributed by atoms with E-state index in [0.717, 1.165) is 27.8 Å². The van der Waals surface area contributed by atoms with E-state index in [1.165, 1.54) is 12.1 Å². The molecule has 28 heavy (non-hydrogen) atoms. The molecule has 0 fully saturated rings.